The monoisotopic (exact) mass is 329 g/mol. The summed E-state index contributed by atoms with van der Waals surface area (Å²) in [5, 5.41) is 11.1. The highest BCUT2D eigenvalue weighted by Gasteiger charge is 2.20. The SMILES string of the molecule is CNCc1cnn(-c2c(OC)cc3c(NC)cc(C)nc3c2F)c1. The predicted molar refractivity (Wildman–Crippen MR) is 92.4 cm³/mol. The number of hydrogen-bond acceptors (Lipinski definition) is 5. The van der Waals surface area contributed by atoms with E-state index >= 15 is 4.39 Å². The van der Waals surface area contributed by atoms with Gasteiger partial charge in [0, 0.05) is 42.1 Å². The Hall–Kier alpha value is -2.67. The number of hydrogen-bond donors (Lipinski definition) is 2. The summed E-state index contributed by atoms with van der Waals surface area (Å²) in [5.41, 5.74) is 3.04. The first-order valence-electron chi connectivity index (χ1n) is 7.63. The van der Waals surface area contributed by atoms with Crippen LogP contribution in [-0.2, 0) is 6.54 Å². The zero-order valence-corrected chi connectivity index (χ0v) is 14.1. The highest BCUT2D eigenvalue weighted by molar-refractivity contribution is 5.94. The molecule has 0 amide bonds. The second-order valence-corrected chi connectivity index (χ2v) is 5.52. The van der Waals surface area contributed by atoms with E-state index in [1.54, 1.807) is 25.5 Å². The molecule has 0 aliphatic carbocycles. The minimum Gasteiger partial charge on any atom is -0.494 e. The minimum atomic E-state index is -0.455. The molecule has 1 aromatic carbocycles. The molecular formula is C17H20FN5O. The molecule has 0 aliphatic heterocycles. The number of fused-ring (bicyclic) bond motifs is 1. The number of rotatable bonds is 5. The molecule has 126 valence electrons. The molecule has 3 aromatic rings. The predicted octanol–water partition coefficient (Wildman–Crippen LogP) is 2.64. The van der Waals surface area contributed by atoms with E-state index in [1.165, 1.54) is 11.8 Å². The van der Waals surface area contributed by atoms with Crippen LogP contribution in [0.4, 0.5) is 10.1 Å². The van der Waals surface area contributed by atoms with Gasteiger partial charge in [-0.3, -0.25) is 0 Å². The van der Waals surface area contributed by atoms with Crippen molar-refractivity contribution < 1.29 is 9.13 Å². The zero-order chi connectivity index (χ0) is 17.3. The summed E-state index contributed by atoms with van der Waals surface area (Å²) < 4.78 is 22.2. The summed E-state index contributed by atoms with van der Waals surface area (Å²) in [7, 11) is 5.16. The highest BCUT2D eigenvalue weighted by atomic mass is 19.1. The number of halogens is 1. The third kappa shape index (κ3) is 2.67. The molecule has 2 heterocycles. The molecule has 0 spiro atoms. The van der Waals surface area contributed by atoms with Crippen LogP contribution in [0.1, 0.15) is 11.3 Å². The highest BCUT2D eigenvalue weighted by Crippen LogP contribution is 2.35. The molecule has 7 heteroatoms. The molecule has 2 N–H and O–H groups in total. The van der Waals surface area contributed by atoms with Crippen molar-refractivity contribution in [3.8, 4) is 11.4 Å². The van der Waals surface area contributed by atoms with Gasteiger partial charge in [-0.05, 0) is 26.1 Å². The quantitative estimate of drug-likeness (QED) is 0.753. The Kier molecular flexibility index (Phi) is 4.35. The van der Waals surface area contributed by atoms with Crippen LogP contribution in [0.5, 0.6) is 5.75 Å². The largest absolute Gasteiger partial charge is 0.494 e. The molecule has 0 radical (unpaired) electrons. The van der Waals surface area contributed by atoms with E-state index in [0.29, 0.717) is 23.2 Å². The maximum atomic E-state index is 15.2. The standard InChI is InChI=1S/C17H20FN5O/c1-10-5-13(20-3)12-6-14(24-4)17(15(18)16(12)22-10)23-9-11(7-19-2)8-21-23/h5-6,8-9,19H,7H2,1-4H3,(H,20,22). The molecule has 0 bridgehead atoms. The zero-order valence-electron chi connectivity index (χ0n) is 14.1. The number of methoxy groups -OCH3 is 1. The van der Waals surface area contributed by atoms with E-state index in [2.05, 4.69) is 20.7 Å². The molecule has 0 unspecified atom stereocenters. The summed E-state index contributed by atoms with van der Waals surface area (Å²) in [6.45, 7) is 2.49. The Labute approximate surface area is 139 Å². The van der Waals surface area contributed by atoms with Crippen molar-refractivity contribution in [1.29, 1.82) is 0 Å². The summed E-state index contributed by atoms with van der Waals surface area (Å²) in [6, 6.07) is 3.66. The fourth-order valence-corrected chi connectivity index (χ4v) is 2.77. The van der Waals surface area contributed by atoms with E-state index in [0.717, 1.165) is 16.9 Å². The van der Waals surface area contributed by atoms with Gasteiger partial charge in [-0.15, -0.1) is 0 Å². The number of benzene rings is 1. The molecule has 0 aliphatic rings. The molecule has 0 atom stereocenters. The van der Waals surface area contributed by atoms with Gasteiger partial charge in [-0.25, -0.2) is 14.1 Å². The number of nitrogens with zero attached hydrogens (tertiary/aromatic N) is 3. The number of nitrogens with one attached hydrogen (secondary N) is 2. The normalized spacial score (nSPS) is 11.0. The summed E-state index contributed by atoms with van der Waals surface area (Å²) in [6.07, 6.45) is 3.47. The molecule has 2 aromatic heterocycles. The first-order chi connectivity index (χ1) is 11.6. The number of aryl methyl sites for hydroxylation is 1. The Morgan fingerprint density at radius 1 is 1.29 bits per heavy atom. The first-order valence-corrected chi connectivity index (χ1v) is 7.63. The first kappa shape index (κ1) is 16.2. The van der Waals surface area contributed by atoms with Gasteiger partial charge >= 0.3 is 0 Å². The van der Waals surface area contributed by atoms with Crippen LogP contribution in [0.25, 0.3) is 16.6 Å². The smallest absolute Gasteiger partial charge is 0.178 e. The minimum absolute atomic E-state index is 0.257. The summed E-state index contributed by atoms with van der Waals surface area (Å²) in [4.78, 5) is 4.36. The van der Waals surface area contributed by atoms with Gasteiger partial charge in [0.05, 0.1) is 13.3 Å². The third-order valence-electron chi connectivity index (χ3n) is 3.85. The van der Waals surface area contributed by atoms with Gasteiger partial charge < -0.3 is 15.4 Å². The van der Waals surface area contributed by atoms with Crippen LogP contribution < -0.4 is 15.4 Å². The lowest BCUT2D eigenvalue weighted by molar-refractivity contribution is 0.408. The Morgan fingerprint density at radius 2 is 2.08 bits per heavy atom. The third-order valence-corrected chi connectivity index (χ3v) is 3.85. The van der Waals surface area contributed by atoms with Crippen molar-refractivity contribution in [3.05, 3.63) is 41.6 Å². The van der Waals surface area contributed by atoms with Gasteiger partial charge in [-0.2, -0.15) is 5.10 Å². The Balaban J connectivity index is 2.28. The van der Waals surface area contributed by atoms with E-state index in [9.17, 15) is 0 Å². The Morgan fingerprint density at radius 3 is 2.75 bits per heavy atom. The number of pyridine rings is 1. The van der Waals surface area contributed by atoms with Crippen LogP contribution in [-0.4, -0.2) is 36.0 Å². The van der Waals surface area contributed by atoms with Gasteiger partial charge in [0.15, 0.2) is 5.82 Å². The maximum Gasteiger partial charge on any atom is 0.178 e. The van der Waals surface area contributed by atoms with E-state index in [-0.39, 0.29) is 5.69 Å². The Bertz CT molecular complexity index is 890. The topological polar surface area (TPSA) is 64.0 Å². The molecule has 24 heavy (non-hydrogen) atoms. The van der Waals surface area contributed by atoms with Crippen LogP contribution in [0.2, 0.25) is 0 Å². The van der Waals surface area contributed by atoms with Gasteiger partial charge in [0.2, 0.25) is 0 Å². The van der Waals surface area contributed by atoms with Gasteiger partial charge in [-0.1, -0.05) is 0 Å². The molecule has 0 fully saturated rings. The van der Waals surface area contributed by atoms with Gasteiger partial charge in [0.1, 0.15) is 17.0 Å². The second kappa shape index (κ2) is 6.45. The summed E-state index contributed by atoms with van der Waals surface area (Å²) in [5.74, 6) is -0.0510. The second-order valence-electron chi connectivity index (χ2n) is 5.52. The number of ether oxygens (including phenoxy) is 1. The van der Waals surface area contributed by atoms with Crippen LogP contribution in [0.3, 0.4) is 0 Å². The lowest BCUT2D eigenvalue weighted by Gasteiger charge is -2.14. The van der Waals surface area contributed by atoms with Crippen molar-refractivity contribution in [2.75, 3.05) is 26.5 Å². The van der Waals surface area contributed by atoms with Crippen LogP contribution in [0.15, 0.2) is 24.5 Å². The van der Waals surface area contributed by atoms with Gasteiger partial charge in [0.25, 0.3) is 0 Å². The van der Waals surface area contributed by atoms with Crippen molar-refractivity contribution >= 4 is 16.6 Å². The molecule has 0 saturated heterocycles. The number of aromatic nitrogens is 3. The number of anilines is 1. The molecule has 3 rings (SSSR count). The molecule has 6 nitrogen and oxygen atoms in total. The molecule has 0 saturated carbocycles. The fourth-order valence-electron chi connectivity index (χ4n) is 2.77. The average Bonchev–Trinajstić information content (AvgIpc) is 3.03. The summed E-state index contributed by atoms with van der Waals surface area (Å²) >= 11 is 0. The van der Waals surface area contributed by atoms with E-state index in [4.69, 9.17) is 4.74 Å². The molecular weight excluding hydrogens is 309 g/mol. The van der Waals surface area contributed by atoms with Crippen LogP contribution >= 0.6 is 0 Å². The van der Waals surface area contributed by atoms with Crippen molar-refractivity contribution in [2.45, 2.75) is 13.5 Å². The maximum absolute atomic E-state index is 15.2. The average molecular weight is 329 g/mol. The van der Waals surface area contributed by atoms with Crippen molar-refractivity contribution in [3.63, 3.8) is 0 Å². The van der Waals surface area contributed by atoms with E-state index < -0.39 is 5.82 Å². The van der Waals surface area contributed by atoms with Crippen LogP contribution in [0, 0.1) is 12.7 Å². The van der Waals surface area contributed by atoms with E-state index in [1.807, 2.05) is 20.0 Å². The lowest BCUT2D eigenvalue weighted by Crippen LogP contribution is -2.06. The fraction of sp³-hybridized carbons (Fsp3) is 0.294. The van der Waals surface area contributed by atoms with Crippen molar-refractivity contribution in [1.82, 2.24) is 20.1 Å². The van der Waals surface area contributed by atoms with Crippen molar-refractivity contribution in [2.24, 2.45) is 0 Å². The lowest BCUT2D eigenvalue weighted by atomic mass is 10.1.